The molecule has 146 valence electrons. The standard InChI is InChI=1S/C23H20BrN3S2/c24-15-10-12-17(13-11-15)28-14-20-26-22(25-16-6-2-1-3-7-16)21-18-8-4-5-9-19(18)29-23(21)27-20/h1-3,6-7,10-13H,4-5,8-9,14H2,(H,25,26,27). The Morgan fingerprint density at radius 1 is 0.966 bits per heavy atom. The summed E-state index contributed by atoms with van der Waals surface area (Å²) >= 11 is 7.12. The fourth-order valence-electron chi connectivity index (χ4n) is 3.69. The summed E-state index contributed by atoms with van der Waals surface area (Å²) in [5.41, 5.74) is 2.52. The number of aryl methyl sites for hydroxylation is 2. The SMILES string of the molecule is Brc1ccc(SCc2nc(Nc3ccccc3)c3c4c(sc3n2)CCCC4)cc1. The maximum Gasteiger partial charge on any atom is 0.143 e. The highest BCUT2D eigenvalue weighted by Gasteiger charge is 2.21. The molecule has 0 saturated carbocycles. The van der Waals surface area contributed by atoms with Crippen LogP contribution >= 0.6 is 39.0 Å². The van der Waals surface area contributed by atoms with Crippen molar-refractivity contribution in [1.82, 2.24) is 9.97 Å². The van der Waals surface area contributed by atoms with E-state index < -0.39 is 0 Å². The summed E-state index contributed by atoms with van der Waals surface area (Å²) in [4.78, 5) is 13.8. The maximum atomic E-state index is 4.96. The van der Waals surface area contributed by atoms with Gasteiger partial charge in [0.2, 0.25) is 0 Å². The third kappa shape index (κ3) is 4.20. The fraction of sp³-hybridized carbons (Fsp3) is 0.217. The van der Waals surface area contributed by atoms with Crippen molar-refractivity contribution in [2.24, 2.45) is 0 Å². The lowest BCUT2D eigenvalue weighted by Crippen LogP contribution is -2.03. The van der Waals surface area contributed by atoms with Gasteiger partial charge in [-0.05, 0) is 67.6 Å². The molecule has 1 N–H and O–H groups in total. The molecule has 3 nitrogen and oxygen atoms in total. The summed E-state index contributed by atoms with van der Waals surface area (Å²) in [6.45, 7) is 0. The molecule has 1 aliphatic carbocycles. The predicted molar refractivity (Wildman–Crippen MR) is 127 cm³/mol. The van der Waals surface area contributed by atoms with E-state index in [4.69, 9.17) is 9.97 Å². The van der Waals surface area contributed by atoms with Gasteiger partial charge in [-0.15, -0.1) is 23.1 Å². The first-order chi connectivity index (χ1) is 14.3. The van der Waals surface area contributed by atoms with Crippen molar-refractivity contribution in [2.75, 3.05) is 5.32 Å². The first-order valence-corrected chi connectivity index (χ1v) is 12.4. The lowest BCUT2D eigenvalue weighted by molar-refractivity contribution is 0.700. The molecule has 0 amide bonds. The zero-order valence-corrected chi connectivity index (χ0v) is 19.0. The zero-order valence-electron chi connectivity index (χ0n) is 15.8. The Hall–Kier alpha value is -1.89. The van der Waals surface area contributed by atoms with Gasteiger partial charge in [0.1, 0.15) is 16.5 Å². The number of rotatable bonds is 5. The Morgan fingerprint density at radius 3 is 2.59 bits per heavy atom. The van der Waals surface area contributed by atoms with Crippen LogP contribution in [0.4, 0.5) is 11.5 Å². The first kappa shape index (κ1) is 19.1. The van der Waals surface area contributed by atoms with Gasteiger partial charge in [0.25, 0.3) is 0 Å². The molecule has 0 fully saturated rings. The minimum Gasteiger partial charge on any atom is -0.340 e. The van der Waals surface area contributed by atoms with Crippen molar-refractivity contribution in [3.8, 4) is 0 Å². The molecule has 0 radical (unpaired) electrons. The van der Waals surface area contributed by atoms with Crippen LogP contribution in [-0.4, -0.2) is 9.97 Å². The smallest absolute Gasteiger partial charge is 0.143 e. The molecule has 0 spiro atoms. The van der Waals surface area contributed by atoms with Crippen LogP contribution in [0.1, 0.15) is 29.1 Å². The first-order valence-electron chi connectivity index (χ1n) is 9.78. The molecular weight excluding hydrogens is 462 g/mol. The molecule has 5 rings (SSSR count). The monoisotopic (exact) mass is 481 g/mol. The maximum absolute atomic E-state index is 4.96. The van der Waals surface area contributed by atoms with E-state index in [0.717, 1.165) is 38.8 Å². The Kier molecular flexibility index (Phi) is 5.57. The molecule has 2 aromatic heterocycles. The summed E-state index contributed by atoms with van der Waals surface area (Å²) in [7, 11) is 0. The highest BCUT2D eigenvalue weighted by Crippen LogP contribution is 2.39. The lowest BCUT2D eigenvalue weighted by Gasteiger charge is -2.13. The third-order valence-corrected chi connectivity index (χ3v) is 7.80. The molecule has 6 heteroatoms. The molecule has 29 heavy (non-hydrogen) atoms. The van der Waals surface area contributed by atoms with Crippen molar-refractivity contribution in [1.29, 1.82) is 0 Å². The summed E-state index contributed by atoms with van der Waals surface area (Å²) in [6.07, 6.45) is 4.84. The molecule has 0 saturated heterocycles. The van der Waals surface area contributed by atoms with E-state index in [-0.39, 0.29) is 0 Å². The molecule has 2 aromatic carbocycles. The van der Waals surface area contributed by atoms with Crippen LogP contribution in [0.2, 0.25) is 0 Å². The minimum absolute atomic E-state index is 0.754. The number of para-hydroxylation sites is 1. The van der Waals surface area contributed by atoms with Crippen LogP contribution in [0.25, 0.3) is 10.2 Å². The second-order valence-corrected chi connectivity index (χ2v) is 10.2. The van der Waals surface area contributed by atoms with Gasteiger partial charge in [-0.3, -0.25) is 0 Å². The summed E-state index contributed by atoms with van der Waals surface area (Å²) < 4.78 is 1.10. The van der Waals surface area contributed by atoms with Crippen LogP contribution in [0.15, 0.2) is 64.0 Å². The third-order valence-electron chi connectivity index (χ3n) is 5.08. The number of hydrogen-bond donors (Lipinski definition) is 1. The molecule has 1 aliphatic rings. The van der Waals surface area contributed by atoms with Crippen LogP contribution < -0.4 is 5.32 Å². The highest BCUT2D eigenvalue weighted by atomic mass is 79.9. The van der Waals surface area contributed by atoms with Gasteiger partial charge in [-0.1, -0.05) is 34.1 Å². The van der Waals surface area contributed by atoms with Gasteiger partial charge in [-0.25, -0.2) is 9.97 Å². The van der Waals surface area contributed by atoms with Crippen LogP contribution in [0.5, 0.6) is 0 Å². The number of thiophene rings is 1. The Balaban J connectivity index is 1.52. The number of nitrogens with one attached hydrogen (secondary N) is 1. The van der Waals surface area contributed by atoms with E-state index in [1.54, 1.807) is 11.8 Å². The summed E-state index contributed by atoms with van der Waals surface area (Å²) in [5, 5.41) is 4.80. The Morgan fingerprint density at radius 2 is 1.76 bits per heavy atom. The van der Waals surface area contributed by atoms with Crippen LogP contribution in [0, 0.1) is 0 Å². The van der Waals surface area contributed by atoms with Crippen molar-refractivity contribution >= 4 is 60.8 Å². The van der Waals surface area contributed by atoms with Gasteiger partial charge in [0.15, 0.2) is 0 Å². The highest BCUT2D eigenvalue weighted by molar-refractivity contribution is 9.10. The topological polar surface area (TPSA) is 37.8 Å². The van der Waals surface area contributed by atoms with Crippen molar-refractivity contribution in [2.45, 2.75) is 36.3 Å². The van der Waals surface area contributed by atoms with E-state index in [1.807, 2.05) is 29.5 Å². The van der Waals surface area contributed by atoms with Crippen LogP contribution in [-0.2, 0) is 18.6 Å². The van der Waals surface area contributed by atoms with Gasteiger partial charge in [-0.2, -0.15) is 0 Å². The van der Waals surface area contributed by atoms with Gasteiger partial charge >= 0.3 is 0 Å². The number of thioether (sulfide) groups is 1. The van der Waals surface area contributed by atoms with Gasteiger partial charge in [0, 0.05) is 19.9 Å². The normalized spacial score (nSPS) is 13.4. The largest absolute Gasteiger partial charge is 0.340 e. The number of fused-ring (bicyclic) bond motifs is 3. The minimum atomic E-state index is 0.754. The molecular formula is C23H20BrN3S2. The van der Waals surface area contributed by atoms with Crippen molar-refractivity contribution in [3.63, 3.8) is 0 Å². The number of nitrogens with zero attached hydrogens (tertiary/aromatic N) is 2. The van der Waals surface area contributed by atoms with E-state index >= 15 is 0 Å². The van der Waals surface area contributed by atoms with E-state index in [1.165, 1.54) is 40.0 Å². The average Bonchev–Trinajstić information content (AvgIpc) is 3.13. The number of benzene rings is 2. The van der Waals surface area contributed by atoms with E-state index in [9.17, 15) is 0 Å². The molecule has 4 aromatic rings. The van der Waals surface area contributed by atoms with Crippen molar-refractivity contribution < 1.29 is 0 Å². The molecule has 0 atom stereocenters. The predicted octanol–water partition coefficient (Wildman–Crippen LogP) is 7.37. The van der Waals surface area contributed by atoms with Gasteiger partial charge < -0.3 is 5.32 Å². The molecule has 2 heterocycles. The van der Waals surface area contributed by atoms with Crippen LogP contribution in [0.3, 0.4) is 0 Å². The number of aromatic nitrogens is 2. The molecule has 0 unspecified atom stereocenters. The fourth-order valence-corrected chi connectivity index (χ4v) is 5.99. The second kappa shape index (κ2) is 8.46. The molecule has 0 bridgehead atoms. The van der Waals surface area contributed by atoms with Gasteiger partial charge in [0.05, 0.1) is 11.1 Å². The Labute approximate surface area is 187 Å². The summed E-state index contributed by atoms with van der Waals surface area (Å²) in [6, 6.07) is 18.7. The quantitative estimate of drug-likeness (QED) is 0.302. The van der Waals surface area contributed by atoms with E-state index in [0.29, 0.717) is 0 Å². The zero-order chi connectivity index (χ0) is 19.6. The molecule has 0 aliphatic heterocycles. The number of halogens is 1. The number of anilines is 2. The van der Waals surface area contributed by atoms with Crippen molar-refractivity contribution in [3.05, 3.63) is 75.3 Å². The number of hydrogen-bond acceptors (Lipinski definition) is 5. The summed E-state index contributed by atoms with van der Waals surface area (Å²) in [5.74, 6) is 2.58. The Bertz CT molecular complexity index is 1140. The van der Waals surface area contributed by atoms with E-state index in [2.05, 4.69) is 57.6 Å². The second-order valence-electron chi connectivity index (χ2n) is 7.11. The average molecular weight is 482 g/mol. The lowest BCUT2D eigenvalue weighted by atomic mass is 9.97.